The lowest BCUT2D eigenvalue weighted by Crippen LogP contribution is -2.43. The average molecular weight is 463 g/mol. The Morgan fingerprint density at radius 1 is 1.03 bits per heavy atom. The third-order valence-corrected chi connectivity index (χ3v) is 8.07. The van der Waals surface area contributed by atoms with Gasteiger partial charge in [0.25, 0.3) is 5.91 Å². The summed E-state index contributed by atoms with van der Waals surface area (Å²) in [5.41, 5.74) is 0.365. The summed E-state index contributed by atoms with van der Waals surface area (Å²) in [6.07, 6.45) is 3.13. The quantitative estimate of drug-likeness (QED) is 0.674. The van der Waals surface area contributed by atoms with Gasteiger partial charge in [0.15, 0.2) is 0 Å². The first-order valence-corrected chi connectivity index (χ1v) is 12.2. The SMILES string of the molecule is CC(=O)Nc1cc(C(=O)N[C@@H]2CCC[C@H](C)[C@@H]2C)ccc1S(=O)(=O)c1ccc(Cl)cc1. The predicted octanol–water partition coefficient (Wildman–Crippen LogP) is 4.69. The highest BCUT2D eigenvalue weighted by Gasteiger charge is 2.29. The van der Waals surface area contributed by atoms with Gasteiger partial charge < -0.3 is 10.6 Å². The molecule has 2 aromatic carbocycles. The number of hydrogen-bond acceptors (Lipinski definition) is 4. The number of benzene rings is 2. The number of carbonyl (C=O) groups excluding carboxylic acids is 2. The Morgan fingerprint density at radius 2 is 1.71 bits per heavy atom. The summed E-state index contributed by atoms with van der Waals surface area (Å²) >= 11 is 5.87. The molecule has 2 aromatic rings. The number of carbonyl (C=O) groups is 2. The molecule has 0 saturated heterocycles. The minimum absolute atomic E-state index is 0.0470. The molecule has 1 saturated carbocycles. The fourth-order valence-electron chi connectivity index (χ4n) is 3.97. The summed E-state index contributed by atoms with van der Waals surface area (Å²) in [5, 5.41) is 6.04. The molecule has 0 unspecified atom stereocenters. The highest BCUT2D eigenvalue weighted by Crippen LogP contribution is 2.31. The molecule has 0 heterocycles. The van der Waals surface area contributed by atoms with E-state index in [9.17, 15) is 18.0 Å². The van der Waals surface area contributed by atoms with Gasteiger partial charge in [-0.2, -0.15) is 0 Å². The van der Waals surface area contributed by atoms with Crippen molar-refractivity contribution in [3.63, 3.8) is 0 Å². The minimum atomic E-state index is -3.92. The summed E-state index contributed by atoms with van der Waals surface area (Å²) in [4.78, 5) is 24.6. The van der Waals surface area contributed by atoms with Gasteiger partial charge in [-0.15, -0.1) is 0 Å². The first kappa shape index (κ1) is 23.3. The second-order valence-corrected chi connectivity index (χ2v) is 10.6. The summed E-state index contributed by atoms with van der Waals surface area (Å²) < 4.78 is 26.3. The maximum absolute atomic E-state index is 13.1. The van der Waals surface area contributed by atoms with E-state index < -0.39 is 15.7 Å². The molecule has 0 aliphatic heterocycles. The van der Waals surface area contributed by atoms with Gasteiger partial charge in [-0.25, -0.2) is 8.42 Å². The first-order valence-electron chi connectivity index (χ1n) is 10.3. The lowest BCUT2D eigenvalue weighted by atomic mass is 9.78. The predicted molar refractivity (Wildman–Crippen MR) is 121 cm³/mol. The van der Waals surface area contributed by atoms with Crippen molar-refractivity contribution in [1.82, 2.24) is 5.32 Å². The van der Waals surface area contributed by atoms with Crippen molar-refractivity contribution >= 4 is 38.9 Å². The van der Waals surface area contributed by atoms with Gasteiger partial charge in [-0.05, 0) is 60.7 Å². The zero-order chi connectivity index (χ0) is 22.8. The van der Waals surface area contributed by atoms with E-state index in [1.165, 1.54) is 49.4 Å². The molecule has 0 aromatic heterocycles. The highest BCUT2D eigenvalue weighted by molar-refractivity contribution is 7.91. The number of anilines is 1. The van der Waals surface area contributed by atoms with Crippen LogP contribution in [0.4, 0.5) is 5.69 Å². The standard InChI is InChI=1S/C23H27ClN2O4S/c1-14-5-4-6-20(15(14)2)26-23(28)17-7-12-22(21(13-17)25-16(3)27)31(29,30)19-10-8-18(24)9-11-19/h7-15,20H,4-6H2,1-3H3,(H,25,27)(H,26,28)/t14-,15-,20+/m0/s1. The molecule has 0 spiro atoms. The zero-order valence-corrected chi connectivity index (χ0v) is 19.4. The van der Waals surface area contributed by atoms with Crippen LogP contribution in [0.25, 0.3) is 0 Å². The monoisotopic (exact) mass is 462 g/mol. The number of amides is 2. The number of rotatable bonds is 5. The van der Waals surface area contributed by atoms with Crippen molar-refractivity contribution in [3.05, 3.63) is 53.1 Å². The summed E-state index contributed by atoms with van der Waals surface area (Å²) in [6.45, 7) is 5.62. The Hall–Kier alpha value is -2.38. The van der Waals surface area contributed by atoms with Gasteiger partial charge in [0, 0.05) is 23.6 Å². The van der Waals surface area contributed by atoms with Crippen LogP contribution in [0.5, 0.6) is 0 Å². The first-order chi connectivity index (χ1) is 14.6. The van der Waals surface area contributed by atoms with Gasteiger partial charge in [0.05, 0.1) is 15.5 Å². The fraction of sp³-hybridized carbons (Fsp3) is 0.391. The average Bonchev–Trinajstić information content (AvgIpc) is 2.71. The molecule has 31 heavy (non-hydrogen) atoms. The van der Waals surface area contributed by atoms with Crippen LogP contribution in [0.1, 0.15) is 50.4 Å². The van der Waals surface area contributed by atoms with Gasteiger partial charge in [-0.1, -0.05) is 38.3 Å². The maximum atomic E-state index is 13.1. The van der Waals surface area contributed by atoms with E-state index >= 15 is 0 Å². The Labute approximate surface area is 188 Å². The minimum Gasteiger partial charge on any atom is -0.349 e. The van der Waals surface area contributed by atoms with Crippen molar-refractivity contribution in [2.75, 3.05) is 5.32 Å². The summed E-state index contributed by atoms with van der Waals surface area (Å²) in [7, 11) is -3.92. The molecule has 2 N–H and O–H groups in total. The van der Waals surface area contributed by atoms with Gasteiger partial charge in [0.1, 0.15) is 0 Å². The summed E-state index contributed by atoms with van der Waals surface area (Å²) in [5.74, 6) is 0.172. The van der Waals surface area contributed by atoms with Crippen molar-refractivity contribution < 1.29 is 18.0 Å². The molecular weight excluding hydrogens is 436 g/mol. The van der Waals surface area contributed by atoms with Crippen LogP contribution in [-0.2, 0) is 14.6 Å². The van der Waals surface area contributed by atoms with E-state index in [1.807, 2.05) is 0 Å². The van der Waals surface area contributed by atoms with Crippen LogP contribution in [0.2, 0.25) is 5.02 Å². The zero-order valence-electron chi connectivity index (χ0n) is 17.8. The summed E-state index contributed by atoms with van der Waals surface area (Å²) in [6, 6.07) is 10.1. The fourth-order valence-corrected chi connectivity index (χ4v) is 5.49. The largest absolute Gasteiger partial charge is 0.349 e. The number of nitrogens with one attached hydrogen (secondary N) is 2. The normalized spacial score (nSPS) is 21.4. The van der Waals surface area contributed by atoms with Gasteiger partial charge in [-0.3, -0.25) is 9.59 Å². The van der Waals surface area contributed by atoms with E-state index in [2.05, 4.69) is 24.5 Å². The lowest BCUT2D eigenvalue weighted by molar-refractivity contribution is -0.114. The Balaban J connectivity index is 1.93. The number of hydrogen-bond donors (Lipinski definition) is 2. The molecule has 1 aliphatic rings. The van der Waals surface area contributed by atoms with E-state index in [-0.39, 0.29) is 27.4 Å². The molecule has 3 rings (SSSR count). The second-order valence-electron chi connectivity index (χ2n) is 8.20. The smallest absolute Gasteiger partial charge is 0.251 e. The van der Waals surface area contributed by atoms with Crippen molar-refractivity contribution in [2.45, 2.75) is 55.9 Å². The van der Waals surface area contributed by atoms with Gasteiger partial charge in [0.2, 0.25) is 15.7 Å². The van der Waals surface area contributed by atoms with Crippen LogP contribution in [0.15, 0.2) is 52.3 Å². The van der Waals surface area contributed by atoms with Crippen LogP contribution in [0.3, 0.4) is 0 Å². The Kier molecular flexibility index (Phi) is 7.06. The van der Waals surface area contributed by atoms with Crippen LogP contribution in [-0.4, -0.2) is 26.3 Å². The van der Waals surface area contributed by atoms with Crippen LogP contribution >= 0.6 is 11.6 Å². The van der Waals surface area contributed by atoms with Crippen molar-refractivity contribution in [2.24, 2.45) is 11.8 Å². The van der Waals surface area contributed by atoms with Gasteiger partial charge >= 0.3 is 0 Å². The van der Waals surface area contributed by atoms with Crippen LogP contribution < -0.4 is 10.6 Å². The molecule has 8 heteroatoms. The van der Waals surface area contributed by atoms with E-state index in [0.717, 1.165) is 19.3 Å². The van der Waals surface area contributed by atoms with Crippen molar-refractivity contribution in [3.8, 4) is 0 Å². The molecule has 3 atom stereocenters. The van der Waals surface area contributed by atoms with E-state index in [4.69, 9.17) is 11.6 Å². The van der Waals surface area contributed by atoms with Crippen molar-refractivity contribution in [1.29, 1.82) is 0 Å². The topological polar surface area (TPSA) is 92.3 Å². The molecule has 2 amide bonds. The van der Waals surface area contributed by atoms with E-state index in [0.29, 0.717) is 22.4 Å². The molecule has 6 nitrogen and oxygen atoms in total. The molecule has 1 fully saturated rings. The number of sulfone groups is 1. The molecule has 0 radical (unpaired) electrons. The highest BCUT2D eigenvalue weighted by atomic mass is 35.5. The molecule has 1 aliphatic carbocycles. The molecule has 166 valence electrons. The third-order valence-electron chi connectivity index (χ3n) is 5.99. The maximum Gasteiger partial charge on any atom is 0.251 e. The number of halogens is 1. The Morgan fingerprint density at radius 3 is 2.35 bits per heavy atom. The van der Waals surface area contributed by atoms with E-state index in [1.54, 1.807) is 0 Å². The third kappa shape index (κ3) is 5.28. The lowest BCUT2D eigenvalue weighted by Gasteiger charge is -2.34. The molecular formula is C23H27ClN2O4S. The molecule has 0 bridgehead atoms. The second kappa shape index (κ2) is 9.40. The Bertz CT molecular complexity index is 1080. The van der Waals surface area contributed by atoms with Crippen LogP contribution in [0, 0.1) is 11.8 Å².